The summed E-state index contributed by atoms with van der Waals surface area (Å²) in [6, 6.07) is 6.39. The number of anilines is 1. The molecule has 0 fully saturated rings. The van der Waals surface area contributed by atoms with Gasteiger partial charge >= 0.3 is 12.6 Å². The van der Waals surface area contributed by atoms with Gasteiger partial charge in [0.1, 0.15) is 5.75 Å². The van der Waals surface area contributed by atoms with Crippen molar-refractivity contribution < 1.29 is 23.0 Å². The van der Waals surface area contributed by atoms with Crippen molar-refractivity contribution in [1.82, 2.24) is 4.98 Å². The number of nitrogens with zero attached hydrogens (tertiary/aromatic N) is 1. The normalized spacial score (nSPS) is 10.7. The third-order valence-corrected chi connectivity index (χ3v) is 4.24. The van der Waals surface area contributed by atoms with Gasteiger partial charge in [-0.3, -0.25) is 4.79 Å². The summed E-state index contributed by atoms with van der Waals surface area (Å²) in [6.07, 6.45) is 3.13. The number of aromatic nitrogens is 1. The molecule has 0 amide bonds. The maximum absolute atomic E-state index is 12.1. The first-order chi connectivity index (χ1) is 12.1. The second kappa shape index (κ2) is 9.93. The van der Waals surface area contributed by atoms with E-state index in [1.54, 1.807) is 12.1 Å². The Bertz CT molecular complexity index is 662. The zero-order valence-corrected chi connectivity index (χ0v) is 14.7. The Morgan fingerprint density at radius 2 is 2.00 bits per heavy atom. The minimum absolute atomic E-state index is 0.124. The van der Waals surface area contributed by atoms with Crippen LogP contribution in [0.15, 0.2) is 29.6 Å². The molecule has 0 aliphatic heterocycles. The van der Waals surface area contributed by atoms with Crippen molar-refractivity contribution >= 4 is 22.4 Å². The highest BCUT2D eigenvalue weighted by atomic mass is 32.1. The molecule has 0 aliphatic rings. The summed E-state index contributed by atoms with van der Waals surface area (Å²) in [5.41, 5.74) is 1.62. The summed E-state index contributed by atoms with van der Waals surface area (Å²) in [4.78, 5) is 15.5. The molecule has 0 unspecified atom stereocenters. The van der Waals surface area contributed by atoms with Crippen LogP contribution in [0.5, 0.6) is 5.75 Å². The minimum atomic E-state index is -2.83. The van der Waals surface area contributed by atoms with Crippen LogP contribution in [0.1, 0.15) is 25.7 Å². The summed E-state index contributed by atoms with van der Waals surface area (Å²) in [5.74, 6) is -0.0539. The zero-order chi connectivity index (χ0) is 18.1. The molecule has 2 aromatic rings. The van der Waals surface area contributed by atoms with E-state index >= 15 is 0 Å². The number of hydrogen-bond acceptors (Lipinski definition) is 6. The topological polar surface area (TPSA) is 60.5 Å². The van der Waals surface area contributed by atoms with E-state index in [0.29, 0.717) is 6.42 Å². The zero-order valence-electron chi connectivity index (χ0n) is 13.8. The van der Waals surface area contributed by atoms with Gasteiger partial charge in [-0.25, -0.2) is 4.98 Å². The monoisotopic (exact) mass is 370 g/mol. The number of methoxy groups -OCH3 is 1. The number of carbonyl (C=O) groups excluding carboxylic acids is 1. The van der Waals surface area contributed by atoms with E-state index in [1.165, 1.54) is 30.6 Å². The van der Waals surface area contributed by atoms with E-state index in [0.717, 1.165) is 42.2 Å². The van der Waals surface area contributed by atoms with Crippen molar-refractivity contribution in [3.63, 3.8) is 0 Å². The van der Waals surface area contributed by atoms with Crippen molar-refractivity contribution in [2.24, 2.45) is 0 Å². The number of alkyl halides is 2. The first kappa shape index (κ1) is 19.1. The number of unbranched alkanes of at least 4 members (excludes halogenated alkanes) is 2. The van der Waals surface area contributed by atoms with Gasteiger partial charge in [0.2, 0.25) is 0 Å². The molecular formula is C17H20F2N2O3S. The van der Waals surface area contributed by atoms with Gasteiger partial charge in [0.05, 0.1) is 12.8 Å². The van der Waals surface area contributed by atoms with Crippen LogP contribution >= 0.6 is 11.3 Å². The molecule has 0 bridgehead atoms. The number of benzene rings is 1. The molecule has 5 nitrogen and oxygen atoms in total. The lowest BCUT2D eigenvalue weighted by Gasteiger charge is -2.04. The van der Waals surface area contributed by atoms with E-state index in [2.05, 4.69) is 19.8 Å². The van der Waals surface area contributed by atoms with Gasteiger partial charge < -0.3 is 14.8 Å². The van der Waals surface area contributed by atoms with Crippen molar-refractivity contribution in [3.8, 4) is 17.0 Å². The predicted octanol–water partition coefficient (Wildman–Crippen LogP) is 4.56. The van der Waals surface area contributed by atoms with E-state index in [1.807, 2.05) is 5.38 Å². The Labute approximate surface area is 149 Å². The van der Waals surface area contributed by atoms with Gasteiger partial charge in [0.25, 0.3) is 0 Å². The van der Waals surface area contributed by atoms with Crippen LogP contribution in [0.25, 0.3) is 11.3 Å². The summed E-state index contributed by atoms with van der Waals surface area (Å²) in [7, 11) is 1.39. The average Bonchev–Trinajstić information content (AvgIpc) is 3.06. The molecule has 0 aliphatic carbocycles. The first-order valence-electron chi connectivity index (χ1n) is 7.90. The summed E-state index contributed by atoms with van der Waals surface area (Å²) >= 11 is 1.48. The molecule has 136 valence electrons. The molecular weight excluding hydrogens is 350 g/mol. The fourth-order valence-electron chi connectivity index (χ4n) is 2.16. The number of esters is 1. The lowest BCUT2D eigenvalue weighted by Crippen LogP contribution is -2.03. The molecule has 0 atom stereocenters. The number of thiazole rings is 1. The predicted molar refractivity (Wildman–Crippen MR) is 93.2 cm³/mol. The van der Waals surface area contributed by atoms with Crippen LogP contribution < -0.4 is 10.1 Å². The van der Waals surface area contributed by atoms with E-state index in [4.69, 9.17) is 0 Å². The maximum atomic E-state index is 12.1. The SMILES string of the molecule is COC(=O)CCCCCNc1nc(-c2ccc(OC(F)F)cc2)cs1. The molecule has 1 aromatic carbocycles. The van der Waals surface area contributed by atoms with Gasteiger partial charge in [-0.15, -0.1) is 11.3 Å². The quantitative estimate of drug-likeness (QED) is 0.491. The van der Waals surface area contributed by atoms with Crippen molar-refractivity contribution in [1.29, 1.82) is 0 Å². The van der Waals surface area contributed by atoms with Crippen molar-refractivity contribution in [2.75, 3.05) is 19.0 Å². The summed E-state index contributed by atoms with van der Waals surface area (Å²) in [5, 5.41) is 5.95. The Hall–Kier alpha value is -2.22. The summed E-state index contributed by atoms with van der Waals surface area (Å²) in [6.45, 7) is -2.05. The third kappa shape index (κ3) is 6.66. The van der Waals surface area contributed by atoms with Gasteiger partial charge in [0, 0.05) is 23.9 Å². The molecule has 1 aromatic heterocycles. The number of ether oxygens (including phenoxy) is 2. The van der Waals surface area contributed by atoms with Gasteiger partial charge in [0.15, 0.2) is 5.13 Å². The fraction of sp³-hybridized carbons (Fsp3) is 0.412. The van der Waals surface area contributed by atoms with E-state index in [9.17, 15) is 13.6 Å². The smallest absolute Gasteiger partial charge is 0.387 e. The van der Waals surface area contributed by atoms with Crippen molar-refractivity contribution in [2.45, 2.75) is 32.3 Å². The number of rotatable bonds is 10. The second-order valence-corrected chi connectivity index (χ2v) is 6.11. The van der Waals surface area contributed by atoms with Crippen molar-refractivity contribution in [3.05, 3.63) is 29.6 Å². The van der Waals surface area contributed by atoms with E-state index in [-0.39, 0.29) is 11.7 Å². The molecule has 2 rings (SSSR count). The molecule has 0 spiro atoms. The highest BCUT2D eigenvalue weighted by Gasteiger charge is 2.07. The molecule has 25 heavy (non-hydrogen) atoms. The second-order valence-electron chi connectivity index (χ2n) is 5.25. The van der Waals surface area contributed by atoms with Crippen LogP contribution in [0, 0.1) is 0 Å². The number of halogens is 2. The lowest BCUT2D eigenvalue weighted by molar-refractivity contribution is -0.140. The first-order valence-corrected chi connectivity index (χ1v) is 8.78. The highest BCUT2D eigenvalue weighted by Crippen LogP contribution is 2.27. The Kier molecular flexibility index (Phi) is 7.59. The maximum Gasteiger partial charge on any atom is 0.387 e. The van der Waals surface area contributed by atoms with E-state index < -0.39 is 6.61 Å². The molecule has 0 radical (unpaired) electrons. The summed E-state index contributed by atoms with van der Waals surface area (Å²) < 4.78 is 33.2. The van der Waals surface area contributed by atoms with Crippen LogP contribution in [-0.2, 0) is 9.53 Å². The fourth-order valence-corrected chi connectivity index (χ4v) is 2.91. The molecule has 0 saturated heterocycles. The van der Waals surface area contributed by atoms with Crippen LogP contribution in [0.3, 0.4) is 0 Å². The average molecular weight is 370 g/mol. The number of carbonyl (C=O) groups is 1. The van der Waals surface area contributed by atoms with Crippen LogP contribution in [0.2, 0.25) is 0 Å². The third-order valence-electron chi connectivity index (χ3n) is 3.44. The minimum Gasteiger partial charge on any atom is -0.469 e. The van der Waals surface area contributed by atoms with Gasteiger partial charge in [-0.1, -0.05) is 6.42 Å². The van der Waals surface area contributed by atoms with Crippen LogP contribution in [0.4, 0.5) is 13.9 Å². The molecule has 1 N–H and O–H groups in total. The van der Waals surface area contributed by atoms with Crippen LogP contribution in [-0.4, -0.2) is 31.2 Å². The molecule has 0 saturated carbocycles. The Balaban J connectivity index is 1.75. The molecule has 1 heterocycles. The Morgan fingerprint density at radius 1 is 1.24 bits per heavy atom. The Morgan fingerprint density at radius 3 is 2.68 bits per heavy atom. The number of nitrogens with one attached hydrogen (secondary N) is 1. The highest BCUT2D eigenvalue weighted by molar-refractivity contribution is 7.14. The lowest BCUT2D eigenvalue weighted by atomic mass is 10.2. The largest absolute Gasteiger partial charge is 0.469 e. The standard InChI is InChI=1S/C17H20F2N2O3S/c1-23-15(22)5-3-2-4-10-20-17-21-14(11-25-17)12-6-8-13(9-7-12)24-16(18)19/h6-9,11,16H,2-5,10H2,1H3,(H,20,21). The van der Waals surface area contributed by atoms with Gasteiger partial charge in [-0.2, -0.15) is 8.78 Å². The number of hydrogen-bond donors (Lipinski definition) is 1. The van der Waals surface area contributed by atoms with Gasteiger partial charge in [-0.05, 0) is 37.1 Å². The molecule has 8 heteroatoms.